The zero-order valence-corrected chi connectivity index (χ0v) is 11.0. The van der Waals surface area contributed by atoms with Crippen LogP contribution in [0.25, 0.3) is 0 Å². The average Bonchev–Trinajstić information content (AvgIpc) is 2.61. The van der Waals surface area contributed by atoms with Crippen LogP contribution >= 0.6 is 15.9 Å². The molecule has 7 heteroatoms. The van der Waals surface area contributed by atoms with Crippen molar-refractivity contribution in [2.75, 3.05) is 5.73 Å². The van der Waals surface area contributed by atoms with Crippen LogP contribution in [0, 0.1) is 12.7 Å². The number of aryl methyl sites for hydroxylation is 1. The molecule has 5 nitrogen and oxygen atoms in total. The van der Waals surface area contributed by atoms with E-state index in [0.717, 1.165) is 11.8 Å². The predicted molar refractivity (Wildman–Crippen MR) is 70.1 cm³/mol. The Morgan fingerprint density at radius 3 is 2.89 bits per heavy atom. The number of imidazole rings is 1. The van der Waals surface area contributed by atoms with Crippen LogP contribution in [-0.4, -0.2) is 21.0 Å². The van der Waals surface area contributed by atoms with Gasteiger partial charge in [-0.3, -0.25) is 0 Å². The Bertz CT molecular complexity index is 624. The van der Waals surface area contributed by atoms with E-state index in [9.17, 15) is 9.50 Å². The molecule has 0 amide bonds. The maximum Gasteiger partial charge on any atom is 0.221 e. The lowest BCUT2D eigenvalue weighted by molar-refractivity contribution is 0.465. The van der Waals surface area contributed by atoms with Crippen LogP contribution in [0.3, 0.4) is 0 Å². The third-order valence-corrected chi connectivity index (χ3v) is 2.86. The molecule has 0 saturated carbocycles. The fraction of sp³-hybridized carbons (Fsp3) is 0.0909. The van der Waals surface area contributed by atoms with Crippen LogP contribution < -0.4 is 5.73 Å². The Hall–Kier alpha value is -1.89. The topological polar surface area (TPSA) is 76.4 Å². The maximum atomic E-state index is 13.5. The second-order valence-corrected chi connectivity index (χ2v) is 4.51. The first-order valence-corrected chi connectivity index (χ1v) is 5.80. The summed E-state index contributed by atoms with van der Waals surface area (Å²) in [5, 5.41) is 13.3. The van der Waals surface area contributed by atoms with Gasteiger partial charge < -0.3 is 10.8 Å². The van der Waals surface area contributed by atoms with Gasteiger partial charge >= 0.3 is 0 Å². The van der Waals surface area contributed by atoms with E-state index in [4.69, 9.17) is 5.73 Å². The van der Waals surface area contributed by atoms with E-state index in [2.05, 4.69) is 26.0 Å². The summed E-state index contributed by atoms with van der Waals surface area (Å²) in [6.07, 6.45) is 2.93. The zero-order chi connectivity index (χ0) is 13.3. The zero-order valence-electron chi connectivity index (χ0n) is 9.43. The Balaban J connectivity index is 2.34. The van der Waals surface area contributed by atoms with Crippen LogP contribution in [-0.2, 0) is 0 Å². The third kappa shape index (κ3) is 2.51. The predicted octanol–water partition coefficient (Wildman–Crippen LogP) is 2.26. The van der Waals surface area contributed by atoms with Crippen molar-refractivity contribution in [1.29, 1.82) is 0 Å². The number of hydrogen-bond donors (Lipinski definition) is 2. The van der Waals surface area contributed by atoms with E-state index >= 15 is 0 Å². The highest BCUT2D eigenvalue weighted by atomic mass is 79.9. The Kier molecular flexibility index (Phi) is 3.33. The first-order valence-electron chi connectivity index (χ1n) is 5.01. The van der Waals surface area contributed by atoms with Crippen LogP contribution in [0.5, 0.6) is 5.75 Å². The number of phenolic OH excluding ortho intramolecular Hbond substituents is 1. The molecule has 0 atom stereocenters. The Morgan fingerprint density at radius 2 is 2.28 bits per heavy atom. The summed E-state index contributed by atoms with van der Waals surface area (Å²) in [4.78, 5) is 3.96. The molecule has 0 aliphatic heterocycles. The van der Waals surface area contributed by atoms with Crippen molar-refractivity contribution >= 4 is 28.1 Å². The van der Waals surface area contributed by atoms with E-state index in [0.29, 0.717) is 4.47 Å². The number of halogens is 2. The maximum absolute atomic E-state index is 13.5. The summed E-state index contributed by atoms with van der Waals surface area (Å²) in [5.41, 5.74) is 6.54. The summed E-state index contributed by atoms with van der Waals surface area (Å²) in [7, 11) is 0. The van der Waals surface area contributed by atoms with Gasteiger partial charge in [0.25, 0.3) is 0 Å². The largest absolute Gasteiger partial charge is 0.507 e. The van der Waals surface area contributed by atoms with Crippen molar-refractivity contribution in [3.8, 4) is 5.75 Å². The SMILES string of the molecule is Cc1cn(N=Cc2cc(Br)c(O)cc2F)c(N)n1. The molecule has 0 radical (unpaired) electrons. The molecular weight excluding hydrogens is 303 g/mol. The van der Waals surface area contributed by atoms with Crippen molar-refractivity contribution in [3.05, 3.63) is 39.9 Å². The van der Waals surface area contributed by atoms with E-state index in [1.165, 1.54) is 17.0 Å². The molecule has 0 unspecified atom stereocenters. The molecule has 1 heterocycles. The fourth-order valence-corrected chi connectivity index (χ4v) is 1.73. The molecule has 0 saturated heterocycles. The van der Waals surface area contributed by atoms with Crippen molar-refractivity contribution in [1.82, 2.24) is 9.66 Å². The minimum absolute atomic E-state index is 0.164. The molecule has 0 aliphatic carbocycles. The summed E-state index contributed by atoms with van der Waals surface area (Å²) in [6, 6.07) is 2.43. The first kappa shape index (κ1) is 12.6. The van der Waals surface area contributed by atoms with E-state index in [1.807, 2.05) is 0 Å². The lowest BCUT2D eigenvalue weighted by atomic mass is 10.2. The lowest BCUT2D eigenvalue weighted by Gasteiger charge is -2.01. The number of anilines is 1. The highest BCUT2D eigenvalue weighted by Crippen LogP contribution is 2.26. The number of nitrogen functional groups attached to an aromatic ring is 1. The number of nitrogens with zero attached hydrogens (tertiary/aromatic N) is 3. The molecule has 18 heavy (non-hydrogen) atoms. The van der Waals surface area contributed by atoms with Crippen LogP contribution in [0.2, 0.25) is 0 Å². The smallest absolute Gasteiger partial charge is 0.221 e. The van der Waals surface area contributed by atoms with E-state index in [-0.39, 0.29) is 17.3 Å². The van der Waals surface area contributed by atoms with Crippen molar-refractivity contribution in [3.63, 3.8) is 0 Å². The van der Waals surface area contributed by atoms with Crippen molar-refractivity contribution in [2.24, 2.45) is 5.10 Å². The van der Waals surface area contributed by atoms with Crippen LogP contribution in [0.15, 0.2) is 27.9 Å². The molecule has 3 N–H and O–H groups in total. The van der Waals surface area contributed by atoms with Gasteiger partial charge in [0.2, 0.25) is 5.95 Å². The number of rotatable bonds is 2. The molecule has 0 aliphatic rings. The standard InChI is InChI=1S/C11H10BrFN4O/c1-6-5-17(11(14)16-6)15-4-7-2-8(12)10(18)3-9(7)13/h2-5,18H,1H3,(H2,14,16). The van der Waals surface area contributed by atoms with Crippen LogP contribution in [0.4, 0.5) is 10.3 Å². The highest BCUT2D eigenvalue weighted by Gasteiger charge is 2.06. The summed E-state index contributed by atoms with van der Waals surface area (Å²) in [6.45, 7) is 1.78. The van der Waals surface area contributed by atoms with Crippen LogP contribution in [0.1, 0.15) is 11.3 Å². The minimum Gasteiger partial charge on any atom is -0.507 e. The number of aromatic hydroxyl groups is 1. The van der Waals surface area contributed by atoms with Gasteiger partial charge in [0.1, 0.15) is 11.6 Å². The van der Waals surface area contributed by atoms with Gasteiger partial charge in [-0.1, -0.05) is 0 Å². The number of nitrogens with two attached hydrogens (primary N) is 1. The number of aromatic nitrogens is 2. The third-order valence-electron chi connectivity index (χ3n) is 2.22. The average molecular weight is 313 g/mol. The van der Waals surface area contributed by atoms with Gasteiger partial charge in [0.15, 0.2) is 0 Å². The van der Waals surface area contributed by atoms with Gasteiger partial charge in [-0.25, -0.2) is 14.1 Å². The Labute approximate surface area is 111 Å². The molecule has 0 fully saturated rings. The Morgan fingerprint density at radius 1 is 1.56 bits per heavy atom. The molecule has 94 valence electrons. The summed E-state index contributed by atoms with van der Waals surface area (Å²) < 4.78 is 15.2. The molecule has 0 spiro atoms. The number of benzene rings is 1. The quantitative estimate of drug-likeness (QED) is 0.835. The fourth-order valence-electron chi connectivity index (χ4n) is 1.37. The van der Waals surface area contributed by atoms with Gasteiger partial charge in [0.05, 0.1) is 22.6 Å². The summed E-state index contributed by atoms with van der Waals surface area (Å²) in [5.74, 6) is -0.514. The van der Waals surface area contributed by atoms with Gasteiger partial charge in [-0.05, 0) is 28.9 Å². The monoisotopic (exact) mass is 312 g/mol. The second-order valence-electron chi connectivity index (χ2n) is 3.65. The van der Waals surface area contributed by atoms with Crippen molar-refractivity contribution in [2.45, 2.75) is 6.92 Å². The molecule has 2 rings (SSSR count). The van der Waals surface area contributed by atoms with Gasteiger partial charge in [0, 0.05) is 11.6 Å². The van der Waals surface area contributed by atoms with Gasteiger partial charge in [-0.15, -0.1) is 0 Å². The summed E-state index contributed by atoms with van der Waals surface area (Å²) >= 11 is 3.10. The molecule has 0 bridgehead atoms. The molecular formula is C11H10BrFN4O. The molecule has 1 aromatic heterocycles. The second kappa shape index (κ2) is 4.77. The van der Waals surface area contributed by atoms with E-state index in [1.54, 1.807) is 13.1 Å². The first-order chi connectivity index (χ1) is 8.47. The minimum atomic E-state index is -0.574. The molecule has 1 aromatic carbocycles. The van der Waals surface area contributed by atoms with E-state index < -0.39 is 5.82 Å². The number of hydrogen-bond acceptors (Lipinski definition) is 4. The molecule has 2 aromatic rings. The normalized spacial score (nSPS) is 11.3. The highest BCUT2D eigenvalue weighted by molar-refractivity contribution is 9.10. The van der Waals surface area contributed by atoms with Crippen molar-refractivity contribution < 1.29 is 9.50 Å². The van der Waals surface area contributed by atoms with Gasteiger partial charge in [-0.2, -0.15) is 5.10 Å². The number of phenols is 1. The lowest BCUT2D eigenvalue weighted by Crippen LogP contribution is -1.98.